The van der Waals surface area contributed by atoms with E-state index in [1.54, 1.807) is 6.26 Å². The summed E-state index contributed by atoms with van der Waals surface area (Å²) < 4.78 is 10.8. The van der Waals surface area contributed by atoms with Crippen molar-refractivity contribution in [1.29, 1.82) is 0 Å². The van der Waals surface area contributed by atoms with Crippen LogP contribution in [0, 0.1) is 0 Å². The standard InChI is InChI=1S/C18H17NO2/c1-2-15-5-3-4-6-18(15)20-13-14-7-9-16(10-8-14)17-11-12-21-19-17/h3-12H,2,13H2,1H3. The molecule has 0 fully saturated rings. The van der Waals surface area contributed by atoms with Gasteiger partial charge in [0.2, 0.25) is 0 Å². The molecule has 0 aliphatic rings. The number of ether oxygens (including phenoxy) is 1. The predicted molar refractivity (Wildman–Crippen MR) is 82.1 cm³/mol. The molecule has 0 atom stereocenters. The third-order valence-corrected chi connectivity index (χ3v) is 3.44. The van der Waals surface area contributed by atoms with Crippen molar-refractivity contribution in [3.8, 4) is 17.0 Å². The molecule has 3 aromatic rings. The van der Waals surface area contributed by atoms with E-state index in [-0.39, 0.29) is 0 Å². The molecule has 0 spiro atoms. The zero-order valence-electron chi connectivity index (χ0n) is 12.0. The largest absolute Gasteiger partial charge is 0.489 e. The summed E-state index contributed by atoms with van der Waals surface area (Å²) >= 11 is 0. The zero-order valence-corrected chi connectivity index (χ0v) is 12.0. The highest BCUT2D eigenvalue weighted by molar-refractivity contribution is 5.58. The Morgan fingerprint density at radius 2 is 1.81 bits per heavy atom. The lowest BCUT2D eigenvalue weighted by Crippen LogP contribution is -1.98. The van der Waals surface area contributed by atoms with Gasteiger partial charge >= 0.3 is 0 Å². The maximum Gasteiger partial charge on any atom is 0.124 e. The Morgan fingerprint density at radius 3 is 2.52 bits per heavy atom. The summed E-state index contributed by atoms with van der Waals surface area (Å²) in [7, 11) is 0. The summed E-state index contributed by atoms with van der Waals surface area (Å²) in [6, 6.07) is 18.2. The molecule has 0 saturated heterocycles. The molecule has 2 aromatic carbocycles. The molecule has 0 bridgehead atoms. The second kappa shape index (κ2) is 6.27. The van der Waals surface area contributed by atoms with Gasteiger partial charge in [-0.2, -0.15) is 0 Å². The predicted octanol–water partition coefficient (Wildman–Crippen LogP) is 4.48. The van der Waals surface area contributed by atoms with Crippen molar-refractivity contribution in [2.24, 2.45) is 0 Å². The van der Waals surface area contributed by atoms with Gasteiger partial charge in [0, 0.05) is 11.6 Å². The molecular weight excluding hydrogens is 262 g/mol. The molecule has 0 N–H and O–H groups in total. The fourth-order valence-corrected chi connectivity index (χ4v) is 2.23. The van der Waals surface area contributed by atoms with Crippen LogP contribution in [0.2, 0.25) is 0 Å². The molecule has 3 rings (SSSR count). The SMILES string of the molecule is CCc1ccccc1OCc1ccc(-c2ccon2)cc1. The maximum absolute atomic E-state index is 5.91. The molecule has 3 nitrogen and oxygen atoms in total. The van der Waals surface area contributed by atoms with E-state index in [0.717, 1.165) is 29.0 Å². The molecule has 3 heteroatoms. The van der Waals surface area contributed by atoms with E-state index < -0.39 is 0 Å². The van der Waals surface area contributed by atoms with Crippen LogP contribution in [0.5, 0.6) is 5.75 Å². The number of rotatable bonds is 5. The third-order valence-electron chi connectivity index (χ3n) is 3.44. The lowest BCUT2D eigenvalue weighted by Gasteiger charge is -2.10. The van der Waals surface area contributed by atoms with Gasteiger partial charge in [-0.15, -0.1) is 0 Å². The van der Waals surface area contributed by atoms with Crippen LogP contribution in [0.4, 0.5) is 0 Å². The second-order valence-electron chi connectivity index (χ2n) is 4.83. The molecule has 21 heavy (non-hydrogen) atoms. The van der Waals surface area contributed by atoms with Gasteiger partial charge in [0.25, 0.3) is 0 Å². The average Bonchev–Trinajstić information content (AvgIpc) is 3.08. The van der Waals surface area contributed by atoms with Crippen LogP contribution in [0.15, 0.2) is 65.4 Å². The topological polar surface area (TPSA) is 35.3 Å². The van der Waals surface area contributed by atoms with E-state index in [4.69, 9.17) is 9.26 Å². The molecule has 0 unspecified atom stereocenters. The molecular formula is C18H17NO2. The Morgan fingerprint density at radius 1 is 1.00 bits per heavy atom. The Hall–Kier alpha value is -2.55. The Labute approximate surface area is 124 Å². The maximum atomic E-state index is 5.91. The zero-order chi connectivity index (χ0) is 14.5. The quantitative estimate of drug-likeness (QED) is 0.690. The van der Waals surface area contributed by atoms with E-state index in [9.17, 15) is 0 Å². The number of para-hydroxylation sites is 1. The van der Waals surface area contributed by atoms with Crippen molar-refractivity contribution < 1.29 is 9.26 Å². The van der Waals surface area contributed by atoms with Crippen LogP contribution in [0.25, 0.3) is 11.3 Å². The van der Waals surface area contributed by atoms with E-state index >= 15 is 0 Å². The summed E-state index contributed by atoms with van der Waals surface area (Å²) in [5.41, 5.74) is 4.25. The highest BCUT2D eigenvalue weighted by atomic mass is 16.5. The summed E-state index contributed by atoms with van der Waals surface area (Å²) in [6.07, 6.45) is 2.55. The fraction of sp³-hybridized carbons (Fsp3) is 0.167. The highest BCUT2D eigenvalue weighted by Crippen LogP contribution is 2.21. The molecule has 0 saturated carbocycles. The van der Waals surface area contributed by atoms with Crippen molar-refractivity contribution >= 4 is 0 Å². The normalized spacial score (nSPS) is 10.5. The van der Waals surface area contributed by atoms with Crippen LogP contribution in [-0.4, -0.2) is 5.16 Å². The van der Waals surface area contributed by atoms with Gasteiger partial charge in [0.1, 0.15) is 24.3 Å². The van der Waals surface area contributed by atoms with Crippen molar-refractivity contribution in [3.63, 3.8) is 0 Å². The number of aromatic nitrogens is 1. The van der Waals surface area contributed by atoms with E-state index in [1.807, 2.05) is 36.4 Å². The Bertz CT molecular complexity index is 688. The number of nitrogens with zero attached hydrogens (tertiary/aromatic N) is 1. The molecule has 1 heterocycles. The number of hydrogen-bond donors (Lipinski definition) is 0. The minimum Gasteiger partial charge on any atom is -0.489 e. The van der Waals surface area contributed by atoms with Gasteiger partial charge in [-0.25, -0.2) is 0 Å². The van der Waals surface area contributed by atoms with Gasteiger partial charge in [0.15, 0.2) is 0 Å². The van der Waals surface area contributed by atoms with Gasteiger partial charge in [0.05, 0.1) is 0 Å². The van der Waals surface area contributed by atoms with Crippen molar-refractivity contribution in [1.82, 2.24) is 5.16 Å². The number of benzene rings is 2. The Kier molecular flexibility index (Phi) is 4.01. The first-order valence-corrected chi connectivity index (χ1v) is 7.07. The minimum absolute atomic E-state index is 0.566. The highest BCUT2D eigenvalue weighted by Gasteiger charge is 2.03. The molecule has 1 aromatic heterocycles. The van der Waals surface area contributed by atoms with Crippen molar-refractivity contribution in [3.05, 3.63) is 72.0 Å². The lowest BCUT2D eigenvalue weighted by molar-refractivity contribution is 0.303. The smallest absolute Gasteiger partial charge is 0.124 e. The molecule has 0 radical (unpaired) electrons. The van der Waals surface area contributed by atoms with Gasteiger partial charge in [-0.05, 0) is 23.6 Å². The molecule has 0 aliphatic carbocycles. The first kappa shape index (κ1) is 13.4. The lowest BCUT2D eigenvalue weighted by atomic mass is 10.1. The minimum atomic E-state index is 0.566. The van der Waals surface area contributed by atoms with Crippen molar-refractivity contribution in [2.75, 3.05) is 0 Å². The average molecular weight is 279 g/mol. The van der Waals surface area contributed by atoms with E-state index in [0.29, 0.717) is 6.61 Å². The number of aryl methyl sites for hydroxylation is 1. The van der Waals surface area contributed by atoms with Crippen LogP contribution >= 0.6 is 0 Å². The summed E-state index contributed by atoms with van der Waals surface area (Å²) in [5.74, 6) is 0.959. The summed E-state index contributed by atoms with van der Waals surface area (Å²) in [5, 5.41) is 3.93. The first-order chi connectivity index (χ1) is 10.4. The number of hydrogen-bond acceptors (Lipinski definition) is 3. The van der Waals surface area contributed by atoms with Crippen LogP contribution < -0.4 is 4.74 Å². The monoisotopic (exact) mass is 279 g/mol. The fourth-order valence-electron chi connectivity index (χ4n) is 2.23. The first-order valence-electron chi connectivity index (χ1n) is 7.07. The molecule has 0 aliphatic heterocycles. The third kappa shape index (κ3) is 3.14. The van der Waals surface area contributed by atoms with Crippen LogP contribution in [-0.2, 0) is 13.0 Å². The Balaban J connectivity index is 1.68. The van der Waals surface area contributed by atoms with E-state index in [2.05, 4.69) is 30.3 Å². The molecule has 106 valence electrons. The van der Waals surface area contributed by atoms with Gasteiger partial charge in [-0.3, -0.25) is 0 Å². The molecule has 0 amide bonds. The van der Waals surface area contributed by atoms with Gasteiger partial charge < -0.3 is 9.26 Å². The van der Waals surface area contributed by atoms with Gasteiger partial charge in [-0.1, -0.05) is 54.5 Å². The van der Waals surface area contributed by atoms with E-state index in [1.165, 1.54) is 5.56 Å². The second-order valence-corrected chi connectivity index (χ2v) is 4.83. The van der Waals surface area contributed by atoms with Crippen LogP contribution in [0.3, 0.4) is 0 Å². The summed E-state index contributed by atoms with van der Waals surface area (Å²) in [6.45, 7) is 2.70. The summed E-state index contributed by atoms with van der Waals surface area (Å²) in [4.78, 5) is 0. The van der Waals surface area contributed by atoms with Crippen molar-refractivity contribution in [2.45, 2.75) is 20.0 Å². The van der Waals surface area contributed by atoms with Crippen LogP contribution in [0.1, 0.15) is 18.1 Å².